The summed E-state index contributed by atoms with van der Waals surface area (Å²) >= 11 is 0. The third kappa shape index (κ3) is 3.72. The summed E-state index contributed by atoms with van der Waals surface area (Å²) < 4.78 is 0. The van der Waals surface area contributed by atoms with Gasteiger partial charge in [-0.3, -0.25) is 4.79 Å². The number of hydrogen-bond donors (Lipinski definition) is 2. The molecule has 5 nitrogen and oxygen atoms in total. The largest absolute Gasteiger partial charge is 0.480 e. The van der Waals surface area contributed by atoms with Gasteiger partial charge in [-0.15, -0.1) is 0 Å². The second-order valence-corrected chi connectivity index (χ2v) is 6.09. The molecule has 3 rings (SSSR count). The van der Waals surface area contributed by atoms with E-state index in [-0.39, 0.29) is 0 Å². The molecule has 0 aliphatic rings. The summed E-state index contributed by atoms with van der Waals surface area (Å²) in [7, 11) is 0. The van der Waals surface area contributed by atoms with E-state index in [0.717, 1.165) is 5.56 Å². The van der Waals surface area contributed by atoms with E-state index in [1.807, 2.05) is 61.5 Å². The van der Waals surface area contributed by atoms with Gasteiger partial charge < -0.3 is 10.4 Å². The average Bonchev–Trinajstić information content (AvgIpc) is 2.67. The second-order valence-electron chi connectivity index (χ2n) is 6.09. The lowest BCUT2D eigenvalue weighted by atomic mass is 10.0. The van der Waals surface area contributed by atoms with E-state index in [0.29, 0.717) is 35.0 Å². The van der Waals surface area contributed by atoms with Crippen LogP contribution in [0.4, 0.5) is 0 Å². The van der Waals surface area contributed by atoms with Gasteiger partial charge in [-0.25, -0.2) is 9.78 Å². The number of carbonyl (C=O) groups is 2. The summed E-state index contributed by atoms with van der Waals surface area (Å²) in [6, 6.07) is 17.8. The Morgan fingerprint density at radius 2 is 1.77 bits per heavy atom. The molecule has 0 radical (unpaired) electrons. The summed E-state index contributed by atoms with van der Waals surface area (Å²) in [6.45, 7) is 1.89. The quantitative estimate of drug-likeness (QED) is 0.708. The van der Waals surface area contributed by atoms with E-state index in [4.69, 9.17) is 0 Å². The van der Waals surface area contributed by atoms with Crippen LogP contribution in [0.15, 0.2) is 60.7 Å². The highest BCUT2D eigenvalue weighted by molar-refractivity contribution is 6.08. The first-order valence-electron chi connectivity index (χ1n) is 8.59. The predicted molar refractivity (Wildman–Crippen MR) is 101 cm³/mol. The Bertz CT molecular complexity index is 938. The number of nitrogens with zero attached hydrogens (tertiary/aromatic N) is 1. The number of carboxylic acids is 1. The van der Waals surface area contributed by atoms with Crippen LogP contribution >= 0.6 is 0 Å². The van der Waals surface area contributed by atoms with E-state index in [9.17, 15) is 14.7 Å². The maximum Gasteiger partial charge on any atom is 0.326 e. The molecule has 3 aromatic rings. The van der Waals surface area contributed by atoms with Crippen molar-refractivity contribution in [2.75, 3.05) is 0 Å². The van der Waals surface area contributed by atoms with Gasteiger partial charge in [0, 0.05) is 10.9 Å². The number of carboxylic acid groups (broad SMARTS) is 1. The van der Waals surface area contributed by atoms with Gasteiger partial charge in [0.05, 0.1) is 16.8 Å². The second kappa shape index (κ2) is 7.78. The summed E-state index contributed by atoms with van der Waals surface area (Å²) in [5.41, 5.74) is 2.70. The lowest BCUT2D eigenvalue weighted by molar-refractivity contribution is -0.139. The number of para-hydroxylation sites is 1. The van der Waals surface area contributed by atoms with Crippen LogP contribution in [0.25, 0.3) is 22.2 Å². The molecule has 1 atom stereocenters. The summed E-state index contributed by atoms with van der Waals surface area (Å²) in [5.74, 6) is -1.43. The Morgan fingerprint density at radius 3 is 2.46 bits per heavy atom. The number of nitrogens with one attached hydrogen (secondary N) is 1. The summed E-state index contributed by atoms with van der Waals surface area (Å²) in [4.78, 5) is 28.9. The van der Waals surface area contributed by atoms with Crippen LogP contribution in [0.3, 0.4) is 0 Å². The minimum Gasteiger partial charge on any atom is -0.480 e. The van der Waals surface area contributed by atoms with Crippen molar-refractivity contribution >= 4 is 22.8 Å². The highest BCUT2D eigenvalue weighted by Gasteiger charge is 2.21. The molecule has 0 saturated carbocycles. The number of rotatable bonds is 6. The molecule has 26 heavy (non-hydrogen) atoms. The van der Waals surface area contributed by atoms with Crippen molar-refractivity contribution < 1.29 is 14.7 Å². The molecule has 0 saturated heterocycles. The Balaban J connectivity index is 2.06. The average molecular weight is 348 g/mol. The van der Waals surface area contributed by atoms with Crippen molar-refractivity contribution in [3.8, 4) is 11.3 Å². The fraction of sp³-hybridized carbons (Fsp3) is 0.190. The Morgan fingerprint density at radius 1 is 1.08 bits per heavy atom. The smallest absolute Gasteiger partial charge is 0.326 e. The van der Waals surface area contributed by atoms with Gasteiger partial charge in [0.1, 0.15) is 6.04 Å². The lowest BCUT2D eigenvalue weighted by Crippen LogP contribution is -2.40. The maximum absolute atomic E-state index is 12.8. The zero-order chi connectivity index (χ0) is 18.5. The molecule has 1 unspecified atom stereocenters. The molecule has 132 valence electrons. The van der Waals surface area contributed by atoms with E-state index >= 15 is 0 Å². The van der Waals surface area contributed by atoms with E-state index in [1.54, 1.807) is 6.07 Å². The Labute approximate surface area is 151 Å². The van der Waals surface area contributed by atoms with Crippen molar-refractivity contribution in [1.29, 1.82) is 0 Å². The molecule has 2 N–H and O–H groups in total. The number of aliphatic carboxylic acids is 1. The summed E-state index contributed by atoms with van der Waals surface area (Å²) in [5, 5.41) is 12.7. The molecule has 1 heterocycles. The molecule has 0 bridgehead atoms. The zero-order valence-electron chi connectivity index (χ0n) is 14.5. The normalized spacial score (nSPS) is 11.9. The number of aromatic nitrogens is 1. The molecule has 0 aliphatic carbocycles. The van der Waals surface area contributed by atoms with Crippen molar-refractivity contribution in [1.82, 2.24) is 10.3 Å². The number of benzene rings is 2. The van der Waals surface area contributed by atoms with Gasteiger partial charge in [-0.05, 0) is 18.6 Å². The van der Waals surface area contributed by atoms with Gasteiger partial charge >= 0.3 is 5.97 Å². The highest BCUT2D eigenvalue weighted by atomic mass is 16.4. The number of pyridine rings is 1. The standard InChI is InChI=1S/C21H20N2O3/c1-2-8-18(21(25)26)23-20(24)16-13-19(14-9-4-3-5-10-14)22-17-12-7-6-11-15(16)17/h3-7,9-13,18H,2,8H2,1H3,(H,23,24)(H,25,26). The number of hydrogen-bond acceptors (Lipinski definition) is 3. The van der Waals surface area contributed by atoms with E-state index in [1.165, 1.54) is 0 Å². The third-order valence-electron chi connectivity index (χ3n) is 4.21. The van der Waals surface area contributed by atoms with Crippen LogP contribution in [0.2, 0.25) is 0 Å². The number of carbonyl (C=O) groups excluding carboxylic acids is 1. The third-order valence-corrected chi connectivity index (χ3v) is 4.21. The van der Waals surface area contributed by atoms with Crippen LogP contribution in [0.5, 0.6) is 0 Å². The molecule has 5 heteroatoms. The Hall–Kier alpha value is -3.21. The first-order chi connectivity index (χ1) is 12.6. The van der Waals surface area contributed by atoms with Gasteiger partial charge in [-0.2, -0.15) is 0 Å². The van der Waals surface area contributed by atoms with Crippen LogP contribution in [-0.2, 0) is 4.79 Å². The molecule has 0 aliphatic heterocycles. The van der Waals surface area contributed by atoms with Crippen molar-refractivity contribution in [3.05, 3.63) is 66.2 Å². The molecule has 2 aromatic carbocycles. The zero-order valence-corrected chi connectivity index (χ0v) is 14.5. The monoisotopic (exact) mass is 348 g/mol. The van der Waals surface area contributed by atoms with Crippen LogP contribution < -0.4 is 5.32 Å². The van der Waals surface area contributed by atoms with E-state index in [2.05, 4.69) is 10.3 Å². The van der Waals surface area contributed by atoms with Crippen molar-refractivity contribution in [3.63, 3.8) is 0 Å². The molecule has 0 fully saturated rings. The number of fused-ring (bicyclic) bond motifs is 1. The van der Waals surface area contributed by atoms with Crippen molar-refractivity contribution in [2.45, 2.75) is 25.8 Å². The first-order valence-corrected chi connectivity index (χ1v) is 8.59. The van der Waals surface area contributed by atoms with Crippen LogP contribution in [-0.4, -0.2) is 28.0 Å². The van der Waals surface area contributed by atoms with Gasteiger partial charge in [-0.1, -0.05) is 61.9 Å². The molecular weight excluding hydrogens is 328 g/mol. The van der Waals surface area contributed by atoms with Crippen molar-refractivity contribution in [2.24, 2.45) is 0 Å². The highest BCUT2D eigenvalue weighted by Crippen LogP contribution is 2.25. The predicted octanol–water partition coefficient (Wildman–Crippen LogP) is 3.88. The molecule has 0 spiro atoms. The molecular formula is C21H20N2O3. The topological polar surface area (TPSA) is 79.3 Å². The fourth-order valence-electron chi connectivity index (χ4n) is 2.90. The van der Waals surface area contributed by atoms with E-state index < -0.39 is 17.9 Å². The maximum atomic E-state index is 12.8. The first kappa shape index (κ1) is 17.6. The minimum absolute atomic E-state index is 0.385. The van der Waals surface area contributed by atoms with Gasteiger partial charge in [0.15, 0.2) is 0 Å². The number of amides is 1. The fourth-order valence-corrected chi connectivity index (χ4v) is 2.90. The van der Waals surface area contributed by atoms with Crippen LogP contribution in [0.1, 0.15) is 30.1 Å². The van der Waals surface area contributed by atoms with Gasteiger partial charge in [0.2, 0.25) is 0 Å². The van der Waals surface area contributed by atoms with Crippen LogP contribution in [0, 0.1) is 0 Å². The molecule has 1 amide bonds. The summed E-state index contributed by atoms with van der Waals surface area (Å²) in [6.07, 6.45) is 1.05. The van der Waals surface area contributed by atoms with Gasteiger partial charge in [0.25, 0.3) is 5.91 Å². The molecule has 1 aromatic heterocycles. The lowest BCUT2D eigenvalue weighted by Gasteiger charge is -2.15. The SMILES string of the molecule is CCCC(NC(=O)c1cc(-c2ccccc2)nc2ccccc12)C(=O)O. The minimum atomic E-state index is -1.03. The Kier molecular flexibility index (Phi) is 5.27.